The van der Waals surface area contributed by atoms with Gasteiger partial charge < -0.3 is 19.9 Å². The fourth-order valence-electron chi connectivity index (χ4n) is 9.42. The lowest BCUT2D eigenvalue weighted by atomic mass is 9.42. The maximum absolute atomic E-state index is 13.5. The van der Waals surface area contributed by atoms with E-state index < -0.39 is 22.5 Å². The van der Waals surface area contributed by atoms with E-state index in [9.17, 15) is 14.1 Å². The largest absolute Gasteiger partial charge is 0.393 e. The van der Waals surface area contributed by atoms with Gasteiger partial charge in [-0.3, -0.25) is 14.0 Å². The molecule has 3 saturated heterocycles. The van der Waals surface area contributed by atoms with Gasteiger partial charge in [-0.1, -0.05) is 27.7 Å². The second kappa shape index (κ2) is 9.00. The van der Waals surface area contributed by atoms with Crippen molar-refractivity contribution in [2.45, 2.75) is 82.9 Å². The Bertz CT molecular complexity index is 998. The Balaban J connectivity index is 1.45. The van der Waals surface area contributed by atoms with Crippen LogP contribution in [0.25, 0.3) is 0 Å². The molecule has 3 aliphatic carbocycles. The molecule has 37 heavy (non-hydrogen) atoms. The SMILES string of the molecule is CC1CCC2C(C)(C)C(=NN3CCOCC3)C(S(C)=O)CC23OC2C(CC13C)C(O)CC1C(=O)NCC12. The van der Waals surface area contributed by atoms with Crippen LogP contribution in [0, 0.1) is 40.4 Å². The maximum Gasteiger partial charge on any atom is 0.223 e. The van der Waals surface area contributed by atoms with Crippen molar-refractivity contribution in [3.8, 4) is 0 Å². The molecule has 11 atom stereocenters. The van der Waals surface area contributed by atoms with Gasteiger partial charge in [-0.05, 0) is 49.4 Å². The molecule has 3 saturated carbocycles. The monoisotopic (exact) mass is 535 g/mol. The summed E-state index contributed by atoms with van der Waals surface area (Å²) in [7, 11) is -1.11. The molecular formula is C28H45N3O5S. The number of nitrogens with one attached hydrogen (secondary N) is 1. The third-order valence-corrected chi connectivity index (χ3v) is 12.9. The number of ether oxygens (including phenoxy) is 2. The van der Waals surface area contributed by atoms with Crippen LogP contribution in [0.1, 0.15) is 59.8 Å². The number of aliphatic hydroxyl groups is 1. The zero-order chi connectivity index (χ0) is 26.3. The summed E-state index contributed by atoms with van der Waals surface area (Å²) < 4.78 is 26.5. The minimum Gasteiger partial charge on any atom is -0.393 e. The van der Waals surface area contributed by atoms with Gasteiger partial charge in [0.25, 0.3) is 0 Å². The quantitative estimate of drug-likeness (QED) is 0.562. The molecule has 11 unspecified atom stereocenters. The summed E-state index contributed by atoms with van der Waals surface area (Å²) in [4.78, 5) is 12.6. The molecule has 2 N–H and O–H groups in total. The Morgan fingerprint density at radius 3 is 2.57 bits per heavy atom. The molecule has 8 nitrogen and oxygen atoms in total. The van der Waals surface area contributed by atoms with E-state index in [4.69, 9.17) is 14.6 Å². The molecule has 1 amide bonds. The van der Waals surface area contributed by atoms with Crippen molar-refractivity contribution in [3.63, 3.8) is 0 Å². The maximum atomic E-state index is 13.5. The van der Waals surface area contributed by atoms with Crippen molar-refractivity contribution in [1.29, 1.82) is 0 Å². The predicted octanol–water partition coefficient (Wildman–Crippen LogP) is 2.17. The highest BCUT2D eigenvalue weighted by atomic mass is 32.2. The molecule has 9 heteroatoms. The number of hydrazone groups is 1. The molecule has 0 aromatic carbocycles. The number of morpholine rings is 1. The van der Waals surface area contributed by atoms with Crippen molar-refractivity contribution in [2.24, 2.45) is 45.5 Å². The van der Waals surface area contributed by atoms with Gasteiger partial charge in [-0.15, -0.1) is 0 Å². The zero-order valence-corrected chi connectivity index (χ0v) is 23.9. The molecule has 0 aromatic rings. The van der Waals surface area contributed by atoms with E-state index in [0.29, 0.717) is 38.5 Å². The third-order valence-electron chi connectivity index (χ3n) is 11.7. The number of carbonyl (C=O) groups is 1. The molecule has 3 aliphatic heterocycles. The molecule has 1 spiro atoms. The molecule has 6 rings (SSSR count). The van der Waals surface area contributed by atoms with Gasteiger partial charge in [-0.2, -0.15) is 5.10 Å². The van der Waals surface area contributed by atoms with Crippen molar-refractivity contribution < 1.29 is 23.6 Å². The van der Waals surface area contributed by atoms with Crippen LogP contribution in [0.15, 0.2) is 5.10 Å². The summed E-state index contributed by atoms with van der Waals surface area (Å²) >= 11 is 0. The normalized spacial score (nSPS) is 50.9. The van der Waals surface area contributed by atoms with Gasteiger partial charge in [0.15, 0.2) is 0 Å². The molecular weight excluding hydrogens is 490 g/mol. The van der Waals surface area contributed by atoms with E-state index in [-0.39, 0.29) is 51.8 Å². The predicted molar refractivity (Wildman–Crippen MR) is 142 cm³/mol. The second-order valence-corrected chi connectivity index (χ2v) is 15.1. The van der Waals surface area contributed by atoms with Crippen LogP contribution in [0.4, 0.5) is 0 Å². The highest BCUT2D eigenvalue weighted by molar-refractivity contribution is 7.85. The Morgan fingerprint density at radius 2 is 1.86 bits per heavy atom. The minimum atomic E-state index is -1.11. The first-order valence-electron chi connectivity index (χ1n) is 14.4. The number of amides is 1. The smallest absolute Gasteiger partial charge is 0.223 e. The van der Waals surface area contributed by atoms with E-state index in [2.05, 4.69) is 38.0 Å². The van der Waals surface area contributed by atoms with Crippen LogP contribution in [-0.2, 0) is 25.1 Å². The van der Waals surface area contributed by atoms with Crippen molar-refractivity contribution in [2.75, 3.05) is 39.1 Å². The fourth-order valence-corrected chi connectivity index (χ4v) is 10.6. The number of carbonyl (C=O) groups excluding carboxylic acids is 1. The van der Waals surface area contributed by atoms with Crippen LogP contribution in [-0.4, -0.2) is 88.1 Å². The van der Waals surface area contributed by atoms with E-state index in [0.717, 1.165) is 38.1 Å². The Kier molecular flexibility index (Phi) is 6.37. The third kappa shape index (κ3) is 3.73. The van der Waals surface area contributed by atoms with E-state index in [1.165, 1.54) is 0 Å². The first kappa shape index (κ1) is 26.2. The average molecular weight is 536 g/mol. The zero-order valence-electron chi connectivity index (χ0n) is 23.1. The van der Waals surface area contributed by atoms with Gasteiger partial charge in [0.1, 0.15) is 0 Å². The van der Waals surface area contributed by atoms with Gasteiger partial charge in [-0.25, -0.2) is 0 Å². The van der Waals surface area contributed by atoms with Crippen LogP contribution in [0.3, 0.4) is 0 Å². The number of fused-ring (bicyclic) bond motifs is 3. The Hall–Kier alpha value is -1.03. The van der Waals surface area contributed by atoms with Gasteiger partial charge >= 0.3 is 0 Å². The van der Waals surface area contributed by atoms with Gasteiger partial charge in [0.2, 0.25) is 5.91 Å². The second-order valence-electron chi connectivity index (χ2n) is 13.6. The van der Waals surface area contributed by atoms with E-state index in [1.54, 1.807) is 0 Å². The molecule has 3 heterocycles. The van der Waals surface area contributed by atoms with Gasteiger partial charge in [0.05, 0.1) is 55.1 Å². The highest BCUT2D eigenvalue weighted by Gasteiger charge is 2.71. The Labute approximate surface area is 223 Å². The molecule has 0 aromatic heterocycles. The first-order chi connectivity index (χ1) is 17.5. The molecule has 6 aliphatic rings. The van der Waals surface area contributed by atoms with Crippen molar-refractivity contribution >= 4 is 22.4 Å². The van der Waals surface area contributed by atoms with Crippen LogP contribution in [0.2, 0.25) is 0 Å². The standard InChI is InChI=1S/C28H45N3O5S/c1-16-6-7-22-26(2,3)24(30-31-8-10-35-11-9-31)21(37(5)34)14-28(22)27(16,4)13-18-20(32)12-17-19(23(18)36-28)15-29-25(17)33/h16-23,32H,6-15H2,1-5H3,(H,29,33). The lowest BCUT2D eigenvalue weighted by molar-refractivity contribution is -0.318. The van der Waals surface area contributed by atoms with Crippen molar-refractivity contribution in [1.82, 2.24) is 10.3 Å². The molecule has 6 fully saturated rings. The van der Waals surface area contributed by atoms with Crippen LogP contribution in [0.5, 0.6) is 0 Å². The molecule has 0 bridgehead atoms. The van der Waals surface area contributed by atoms with Crippen LogP contribution < -0.4 is 5.32 Å². The minimum absolute atomic E-state index is 0.0304. The highest BCUT2D eigenvalue weighted by Crippen LogP contribution is 2.68. The lowest BCUT2D eigenvalue weighted by Gasteiger charge is -2.70. The number of hydrogen-bond donors (Lipinski definition) is 2. The number of aliphatic hydroxyl groups excluding tert-OH is 1. The number of rotatable bonds is 2. The summed E-state index contributed by atoms with van der Waals surface area (Å²) in [5, 5.41) is 21.5. The lowest BCUT2D eigenvalue weighted by Crippen LogP contribution is -2.74. The summed E-state index contributed by atoms with van der Waals surface area (Å²) in [6, 6.07) is 0. The molecule has 208 valence electrons. The summed E-state index contributed by atoms with van der Waals surface area (Å²) in [5.41, 5.74) is 0.133. The van der Waals surface area contributed by atoms with Crippen molar-refractivity contribution in [3.05, 3.63) is 0 Å². The van der Waals surface area contributed by atoms with Crippen LogP contribution >= 0.6 is 0 Å². The Morgan fingerprint density at radius 1 is 1.14 bits per heavy atom. The van der Waals surface area contributed by atoms with Gasteiger partial charge in [0, 0.05) is 46.8 Å². The fraction of sp³-hybridized carbons (Fsp3) is 0.929. The average Bonchev–Trinajstić information content (AvgIpc) is 3.21. The summed E-state index contributed by atoms with van der Waals surface area (Å²) in [6.45, 7) is 12.8. The van der Waals surface area contributed by atoms with E-state index in [1.807, 2.05) is 6.26 Å². The van der Waals surface area contributed by atoms with E-state index >= 15 is 0 Å². The summed E-state index contributed by atoms with van der Waals surface area (Å²) in [5.74, 6) is 0.656. The first-order valence-corrected chi connectivity index (χ1v) is 16.0. The molecule has 0 radical (unpaired) electrons. The number of hydrogen-bond acceptors (Lipinski definition) is 7. The topological polar surface area (TPSA) is 100 Å². The number of nitrogens with zero attached hydrogens (tertiary/aromatic N) is 2. The summed E-state index contributed by atoms with van der Waals surface area (Å²) in [6.07, 6.45) is 5.40.